The van der Waals surface area contributed by atoms with Crippen LogP contribution in [0.25, 0.3) is 11.3 Å². The number of rotatable bonds is 3. The molecule has 2 amide bonds. The first kappa shape index (κ1) is 17.4. The molecule has 1 atom stereocenters. The van der Waals surface area contributed by atoms with Crippen molar-refractivity contribution in [1.82, 2.24) is 15.0 Å². The molecule has 0 radical (unpaired) electrons. The van der Waals surface area contributed by atoms with E-state index in [1.165, 1.54) is 0 Å². The van der Waals surface area contributed by atoms with E-state index in [-0.39, 0.29) is 12.1 Å². The number of pyridine rings is 3. The van der Waals surface area contributed by atoms with E-state index in [9.17, 15) is 4.79 Å². The molecule has 0 unspecified atom stereocenters. The zero-order chi connectivity index (χ0) is 19.8. The van der Waals surface area contributed by atoms with Crippen LogP contribution in [0.15, 0.2) is 54.9 Å². The van der Waals surface area contributed by atoms with Gasteiger partial charge in [0.1, 0.15) is 5.82 Å². The predicted molar refractivity (Wildman–Crippen MR) is 110 cm³/mol. The Morgan fingerprint density at radius 1 is 1.17 bits per heavy atom. The Kier molecular flexibility index (Phi) is 4.23. The molecule has 8 heteroatoms. The lowest BCUT2D eigenvalue weighted by Crippen LogP contribution is -2.48. The van der Waals surface area contributed by atoms with E-state index in [1.807, 2.05) is 30.3 Å². The van der Waals surface area contributed by atoms with Crippen molar-refractivity contribution in [2.24, 2.45) is 0 Å². The van der Waals surface area contributed by atoms with Gasteiger partial charge in [0, 0.05) is 37.1 Å². The van der Waals surface area contributed by atoms with Gasteiger partial charge in [-0.3, -0.25) is 10.2 Å². The minimum absolute atomic E-state index is 0.0861. The Balaban J connectivity index is 1.51. The van der Waals surface area contributed by atoms with Crippen molar-refractivity contribution in [2.75, 3.05) is 35.3 Å². The summed E-state index contributed by atoms with van der Waals surface area (Å²) in [6.45, 7) is 1.73. The molecule has 5 heterocycles. The number of hydrogen-bond acceptors (Lipinski definition) is 6. The minimum Gasteiger partial charge on any atom is -0.481 e. The molecule has 1 fully saturated rings. The molecule has 0 aliphatic carbocycles. The summed E-state index contributed by atoms with van der Waals surface area (Å²) in [5.41, 5.74) is 2.60. The highest BCUT2D eigenvalue weighted by Gasteiger charge is 2.40. The van der Waals surface area contributed by atoms with E-state index in [4.69, 9.17) is 9.72 Å². The average Bonchev–Trinajstić information content (AvgIpc) is 3.18. The monoisotopic (exact) mass is 388 g/mol. The molecule has 2 aliphatic heterocycles. The Morgan fingerprint density at radius 2 is 2.10 bits per heavy atom. The van der Waals surface area contributed by atoms with E-state index in [0.29, 0.717) is 17.5 Å². The van der Waals surface area contributed by atoms with Gasteiger partial charge in [0.2, 0.25) is 5.88 Å². The number of aromatic nitrogens is 3. The normalized spacial score (nSPS) is 17.1. The van der Waals surface area contributed by atoms with Gasteiger partial charge in [-0.25, -0.2) is 19.7 Å². The SMILES string of the molecule is COc1ccc(-c2ccc3c(n2)N(C(=O)Nc2ccccn2)[C@H]2CCN3C2)cn1. The van der Waals surface area contributed by atoms with E-state index < -0.39 is 0 Å². The number of amides is 2. The van der Waals surface area contributed by atoms with Crippen LogP contribution in [0.4, 0.5) is 22.1 Å². The summed E-state index contributed by atoms with van der Waals surface area (Å²) in [4.78, 5) is 30.5. The van der Waals surface area contributed by atoms with Crippen LogP contribution in [-0.2, 0) is 0 Å². The first-order chi connectivity index (χ1) is 14.2. The quantitative estimate of drug-likeness (QED) is 0.742. The van der Waals surface area contributed by atoms with E-state index >= 15 is 0 Å². The highest BCUT2D eigenvalue weighted by Crippen LogP contribution is 2.40. The van der Waals surface area contributed by atoms with Gasteiger partial charge in [0.15, 0.2) is 5.82 Å². The maximum Gasteiger partial charge on any atom is 0.329 e. The summed E-state index contributed by atoms with van der Waals surface area (Å²) in [5.74, 6) is 1.74. The average molecular weight is 388 g/mol. The zero-order valence-corrected chi connectivity index (χ0v) is 15.9. The highest BCUT2D eigenvalue weighted by atomic mass is 16.5. The number of nitrogens with one attached hydrogen (secondary N) is 1. The Hall–Kier alpha value is -3.68. The van der Waals surface area contributed by atoms with Gasteiger partial charge in [0.05, 0.1) is 24.5 Å². The summed E-state index contributed by atoms with van der Waals surface area (Å²) in [5, 5.41) is 2.90. The largest absolute Gasteiger partial charge is 0.481 e. The molecule has 3 aromatic heterocycles. The third-order valence-electron chi connectivity index (χ3n) is 5.31. The molecule has 8 nitrogen and oxygen atoms in total. The number of hydrogen-bond donors (Lipinski definition) is 1. The molecule has 0 spiro atoms. The van der Waals surface area contributed by atoms with E-state index in [1.54, 1.807) is 36.5 Å². The Bertz CT molecular complexity index is 1040. The molecular formula is C21H20N6O2. The van der Waals surface area contributed by atoms with Crippen molar-refractivity contribution in [1.29, 1.82) is 0 Å². The second-order valence-corrected chi connectivity index (χ2v) is 7.03. The topological polar surface area (TPSA) is 83.5 Å². The first-order valence-electron chi connectivity index (χ1n) is 9.50. The number of carbonyl (C=O) groups excluding carboxylic acids is 1. The van der Waals surface area contributed by atoms with Crippen LogP contribution < -0.4 is 19.9 Å². The number of urea groups is 1. The number of nitrogens with zero attached hydrogens (tertiary/aromatic N) is 5. The third kappa shape index (κ3) is 3.12. The molecule has 146 valence electrons. The van der Waals surface area contributed by atoms with E-state index in [0.717, 1.165) is 36.5 Å². The van der Waals surface area contributed by atoms with Gasteiger partial charge in [-0.05, 0) is 36.8 Å². The van der Waals surface area contributed by atoms with Crippen LogP contribution in [0.2, 0.25) is 0 Å². The second kappa shape index (κ2) is 7.05. The van der Waals surface area contributed by atoms with Crippen LogP contribution in [-0.4, -0.2) is 47.2 Å². The first-order valence-corrected chi connectivity index (χ1v) is 9.50. The maximum atomic E-state index is 13.1. The molecule has 5 rings (SSSR count). The Morgan fingerprint density at radius 3 is 2.86 bits per heavy atom. The van der Waals surface area contributed by atoms with Crippen LogP contribution in [0.5, 0.6) is 5.88 Å². The lowest BCUT2D eigenvalue weighted by atomic mass is 10.1. The summed E-state index contributed by atoms with van der Waals surface area (Å²) in [7, 11) is 1.58. The highest BCUT2D eigenvalue weighted by molar-refractivity contribution is 6.04. The summed E-state index contributed by atoms with van der Waals surface area (Å²) < 4.78 is 5.13. The predicted octanol–water partition coefficient (Wildman–Crippen LogP) is 3.18. The van der Waals surface area contributed by atoms with Gasteiger partial charge in [-0.2, -0.15) is 0 Å². The lowest BCUT2D eigenvalue weighted by Gasteiger charge is -2.35. The van der Waals surface area contributed by atoms with Crippen molar-refractivity contribution in [3.8, 4) is 17.1 Å². The molecular weight excluding hydrogens is 368 g/mol. The Labute approximate surface area is 168 Å². The van der Waals surface area contributed by atoms with Crippen LogP contribution in [0.3, 0.4) is 0 Å². The third-order valence-corrected chi connectivity index (χ3v) is 5.31. The van der Waals surface area contributed by atoms with Gasteiger partial charge < -0.3 is 9.64 Å². The van der Waals surface area contributed by atoms with Crippen LogP contribution in [0.1, 0.15) is 6.42 Å². The number of ether oxygens (including phenoxy) is 1. The zero-order valence-electron chi connectivity index (χ0n) is 15.9. The summed E-state index contributed by atoms with van der Waals surface area (Å²) >= 11 is 0. The number of fused-ring (bicyclic) bond motifs is 4. The number of carbonyl (C=O) groups is 1. The van der Waals surface area contributed by atoms with Gasteiger partial charge in [-0.1, -0.05) is 6.07 Å². The fourth-order valence-corrected chi connectivity index (χ4v) is 3.89. The summed E-state index contributed by atoms with van der Waals surface area (Å²) in [6, 6.07) is 13.0. The van der Waals surface area contributed by atoms with Crippen LogP contribution in [0, 0.1) is 0 Å². The molecule has 29 heavy (non-hydrogen) atoms. The summed E-state index contributed by atoms with van der Waals surface area (Å²) in [6.07, 6.45) is 4.29. The molecule has 1 N–H and O–H groups in total. The van der Waals surface area contributed by atoms with Crippen molar-refractivity contribution in [3.05, 3.63) is 54.9 Å². The molecule has 0 aromatic carbocycles. The molecule has 2 aliphatic rings. The smallest absolute Gasteiger partial charge is 0.329 e. The van der Waals surface area contributed by atoms with Crippen molar-refractivity contribution in [3.63, 3.8) is 0 Å². The molecule has 1 saturated heterocycles. The molecule has 2 bridgehead atoms. The molecule has 0 saturated carbocycles. The molecule has 3 aromatic rings. The fraction of sp³-hybridized carbons (Fsp3) is 0.238. The van der Waals surface area contributed by atoms with Crippen molar-refractivity contribution >= 4 is 23.4 Å². The lowest BCUT2D eigenvalue weighted by molar-refractivity contribution is 0.254. The fourth-order valence-electron chi connectivity index (χ4n) is 3.89. The maximum absolute atomic E-state index is 13.1. The van der Waals surface area contributed by atoms with Gasteiger partial charge in [-0.15, -0.1) is 0 Å². The van der Waals surface area contributed by atoms with E-state index in [2.05, 4.69) is 20.2 Å². The number of methoxy groups -OCH3 is 1. The number of anilines is 3. The van der Waals surface area contributed by atoms with Gasteiger partial charge >= 0.3 is 6.03 Å². The van der Waals surface area contributed by atoms with Crippen molar-refractivity contribution in [2.45, 2.75) is 12.5 Å². The second-order valence-electron chi connectivity index (χ2n) is 7.03. The van der Waals surface area contributed by atoms with Crippen LogP contribution >= 0.6 is 0 Å². The van der Waals surface area contributed by atoms with Gasteiger partial charge in [0.25, 0.3) is 0 Å². The standard InChI is InChI=1S/C21H20N6O2/c1-29-19-8-5-14(12-23-19)16-6-7-17-20(24-16)27(15-9-11-26(17)13-15)21(28)25-18-4-2-3-10-22-18/h2-8,10,12,15H,9,11,13H2,1H3,(H,22,25,28)/t15-/m0/s1. The van der Waals surface area contributed by atoms with Crippen molar-refractivity contribution < 1.29 is 9.53 Å². The minimum atomic E-state index is -0.214.